The first kappa shape index (κ1) is 28.4. The number of hydrogen-bond acceptors (Lipinski definition) is 7. The lowest BCUT2D eigenvalue weighted by Crippen LogP contribution is -2.24. The van der Waals surface area contributed by atoms with Gasteiger partial charge in [0.2, 0.25) is 5.95 Å². The van der Waals surface area contributed by atoms with Crippen LogP contribution in [0.1, 0.15) is 43.0 Å². The fourth-order valence-electron chi connectivity index (χ4n) is 6.06. The van der Waals surface area contributed by atoms with Crippen molar-refractivity contribution in [1.29, 1.82) is 0 Å². The average Bonchev–Trinajstić information content (AvgIpc) is 2.94. The van der Waals surface area contributed by atoms with Gasteiger partial charge in [0.1, 0.15) is 17.1 Å². The maximum atomic E-state index is 12.3. The van der Waals surface area contributed by atoms with E-state index in [0.717, 1.165) is 78.4 Å². The van der Waals surface area contributed by atoms with Crippen molar-refractivity contribution >= 4 is 33.6 Å². The van der Waals surface area contributed by atoms with Gasteiger partial charge in [0, 0.05) is 56.1 Å². The van der Waals surface area contributed by atoms with E-state index in [1.54, 1.807) is 0 Å². The van der Waals surface area contributed by atoms with Gasteiger partial charge >= 0.3 is 5.97 Å². The lowest BCUT2D eigenvalue weighted by molar-refractivity contribution is -0.136. The summed E-state index contributed by atoms with van der Waals surface area (Å²) in [6.45, 7) is 10.7. The molecule has 43 heavy (non-hydrogen) atoms. The molecule has 0 amide bonds. The summed E-state index contributed by atoms with van der Waals surface area (Å²) >= 11 is 0. The van der Waals surface area contributed by atoms with E-state index in [2.05, 4.69) is 35.1 Å². The van der Waals surface area contributed by atoms with Crippen LogP contribution >= 0.6 is 0 Å². The van der Waals surface area contributed by atoms with Gasteiger partial charge in [-0.05, 0) is 84.8 Å². The zero-order valence-electron chi connectivity index (χ0n) is 25.7. The van der Waals surface area contributed by atoms with E-state index in [1.807, 2.05) is 77.4 Å². The minimum atomic E-state index is -0.896. The van der Waals surface area contributed by atoms with Crippen LogP contribution in [0.15, 0.2) is 48.9 Å². The van der Waals surface area contributed by atoms with Gasteiger partial charge in [0.05, 0.1) is 24.1 Å². The van der Waals surface area contributed by atoms with Gasteiger partial charge < -0.3 is 19.5 Å². The third kappa shape index (κ3) is 5.11. The van der Waals surface area contributed by atoms with Crippen LogP contribution in [0.4, 0.5) is 5.95 Å². The van der Waals surface area contributed by atoms with Gasteiger partial charge in [-0.1, -0.05) is 18.2 Å². The van der Waals surface area contributed by atoms with Gasteiger partial charge in [0.15, 0.2) is 0 Å². The van der Waals surface area contributed by atoms with E-state index < -0.39 is 11.6 Å². The van der Waals surface area contributed by atoms with Crippen LogP contribution in [-0.2, 0) is 17.6 Å². The quantitative estimate of drug-likeness (QED) is 0.232. The van der Waals surface area contributed by atoms with Crippen molar-refractivity contribution in [3.8, 4) is 33.8 Å². The standard InChI is InChI=1S/C35H36N4O4/c1-19-14-26-20(2)23(22-17-37-34(38-18-22)39(6)7)8-9-24(26)31(25(19)15-29(40)41)32-28(43-35(3,4)5)16-27-30-21(11-13-42-27)10-12-36-33(30)32/h8-10,12,14,16-18H,11,13,15H2,1-7H3,(H,40,41). The van der Waals surface area contributed by atoms with Crippen LogP contribution in [0.3, 0.4) is 0 Å². The lowest BCUT2D eigenvalue weighted by Gasteiger charge is -2.28. The van der Waals surface area contributed by atoms with E-state index in [9.17, 15) is 9.90 Å². The van der Waals surface area contributed by atoms with Gasteiger partial charge in [-0.25, -0.2) is 9.97 Å². The summed E-state index contributed by atoms with van der Waals surface area (Å²) in [6.07, 6.45) is 6.15. The van der Waals surface area contributed by atoms with Crippen LogP contribution < -0.4 is 14.4 Å². The molecule has 8 nitrogen and oxygen atoms in total. The van der Waals surface area contributed by atoms with Crippen LogP contribution in [0.25, 0.3) is 43.9 Å². The third-order valence-electron chi connectivity index (χ3n) is 7.92. The van der Waals surface area contributed by atoms with Gasteiger partial charge in [0.25, 0.3) is 0 Å². The summed E-state index contributed by atoms with van der Waals surface area (Å²) in [5.74, 6) is 1.11. The highest BCUT2D eigenvalue weighted by molar-refractivity contribution is 6.12. The molecule has 2 aromatic heterocycles. The molecule has 5 aromatic rings. The van der Waals surface area contributed by atoms with Crippen LogP contribution in [0.5, 0.6) is 11.5 Å². The molecule has 3 aromatic carbocycles. The number of anilines is 1. The molecule has 1 aliphatic rings. The second kappa shape index (κ2) is 10.5. The zero-order chi connectivity index (χ0) is 30.6. The van der Waals surface area contributed by atoms with Crippen LogP contribution in [0.2, 0.25) is 0 Å². The number of pyridine rings is 1. The first-order valence-electron chi connectivity index (χ1n) is 14.5. The highest BCUT2D eigenvalue weighted by Gasteiger charge is 2.28. The Labute approximate surface area is 251 Å². The summed E-state index contributed by atoms with van der Waals surface area (Å²) in [7, 11) is 3.83. The Morgan fingerprint density at radius 2 is 1.77 bits per heavy atom. The molecule has 0 bridgehead atoms. The molecule has 8 heteroatoms. The molecule has 0 atom stereocenters. The number of aliphatic carboxylic acids is 1. The number of fused-ring (bicyclic) bond motifs is 1. The first-order chi connectivity index (χ1) is 20.4. The topological polar surface area (TPSA) is 97.7 Å². The first-order valence-corrected chi connectivity index (χ1v) is 14.5. The third-order valence-corrected chi connectivity index (χ3v) is 7.92. The molecule has 6 rings (SSSR count). The van der Waals surface area contributed by atoms with Crippen molar-refractivity contribution in [2.24, 2.45) is 0 Å². The van der Waals surface area contributed by atoms with E-state index in [0.29, 0.717) is 18.3 Å². The number of aromatic nitrogens is 3. The minimum Gasteiger partial charge on any atom is -0.492 e. The molecule has 0 saturated carbocycles. The molecule has 3 heterocycles. The van der Waals surface area contributed by atoms with E-state index in [4.69, 9.17) is 14.5 Å². The summed E-state index contributed by atoms with van der Waals surface area (Å²) < 4.78 is 12.7. The van der Waals surface area contributed by atoms with Crippen molar-refractivity contribution in [3.05, 3.63) is 71.2 Å². The second-order valence-corrected chi connectivity index (χ2v) is 12.4. The Bertz CT molecular complexity index is 1910. The number of aryl methyl sites for hydroxylation is 2. The number of rotatable bonds is 6. The summed E-state index contributed by atoms with van der Waals surface area (Å²) in [5, 5.41) is 13.0. The minimum absolute atomic E-state index is 0.133. The van der Waals surface area contributed by atoms with Gasteiger partial charge in [-0.2, -0.15) is 0 Å². The Morgan fingerprint density at radius 3 is 2.44 bits per heavy atom. The molecule has 0 spiro atoms. The Morgan fingerprint density at radius 1 is 1.02 bits per heavy atom. The number of hydrogen-bond donors (Lipinski definition) is 1. The van der Waals surface area contributed by atoms with Crippen LogP contribution in [0, 0.1) is 13.8 Å². The summed E-state index contributed by atoms with van der Waals surface area (Å²) in [5.41, 5.74) is 7.63. The predicted octanol–water partition coefficient (Wildman–Crippen LogP) is 6.93. The monoisotopic (exact) mass is 576 g/mol. The van der Waals surface area contributed by atoms with Crippen molar-refractivity contribution in [2.75, 3.05) is 25.6 Å². The molecule has 0 aliphatic carbocycles. The maximum Gasteiger partial charge on any atom is 0.307 e. The summed E-state index contributed by atoms with van der Waals surface area (Å²) in [4.78, 5) is 28.1. The highest BCUT2D eigenvalue weighted by atomic mass is 16.5. The highest BCUT2D eigenvalue weighted by Crippen LogP contribution is 2.49. The molecular weight excluding hydrogens is 540 g/mol. The fraction of sp³-hybridized carbons (Fsp3) is 0.314. The van der Waals surface area contributed by atoms with Crippen molar-refractivity contribution in [3.63, 3.8) is 0 Å². The van der Waals surface area contributed by atoms with Crippen molar-refractivity contribution in [2.45, 2.75) is 53.1 Å². The zero-order valence-corrected chi connectivity index (χ0v) is 25.7. The summed E-state index contributed by atoms with van der Waals surface area (Å²) in [6, 6.07) is 10.2. The smallest absolute Gasteiger partial charge is 0.307 e. The number of benzene rings is 3. The number of carboxylic acid groups (broad SMARTS) is 1. The molecule has 1 aliphatic heterocycles. The largest absolute Gasteiger partial charge is 0.492 e. The predicted molar refractivity (Wildman–Crippen MR) is 170 cm³/mol. The van der Waals surface area contributed by atoms with Crippen molar-refractivity contribution in [1.82, 2.24) is 15.0 Å². The average molecular weight is 577 g/mol. The second-order valence-electron chi connectivity index (χ2n) is 12.4. The lowest BCUT2D eigenvalue weighted by atomic mass is 9.84. The Balaban J connectivity index is 1.71. The van der Waals surface area contributed by atoms with E-state index >= 15 is 0 Å². The molecule has 1 N–H and O–H groups in total. The SMILES string of the molecule is Cc1cc2c(C)c(-c3cnc(N(C)C)nc3)ccc2c(-c2c(OC(C)(C)C)cc3c4c(ccnc24)CCO3)c1CC(=O)O. The van der Waals surface area contributed by atoms with Gasteiger partial charge in [-0.15, -0.1) is 0 Å². The normalized spacial score (nSPS) is 12.8. The number of carboxylic acids is 1. The fourth-order valence-corrected chi connectivity index (χ4v) is 6.06. The molecular formula is C35H36N4O4. The van der Waals surface area contributed by atoms with Gasteiger partial charge in [-0.3, -0.25) is 9.78 Å². The Hall–Kier alpha value is -4.72. The maximum absolute atomic E-state index is 12.3. The number of carbonyl (C=O) groups is 1. The van der Waals surface area contributed by atoms with Crippen molar-refractivity contribution < 1.29 is 19.4 Å². The number of nitrogens with zero attached hydrogens (tertiary/aromatic N) is 4. The molecule has 0 unspecified atom stereocenters. The molecule has 0 saturated heterocycles. The Kier molecular flexibility index (Phi) is 6.95. The molecule has 220 valence electrons. The van der Waals surface area contributed by atoms with E-state index in [-0.39, 0.29) is 6.42 Å². The number of ether oxygens (including phenoxy) is 2. The van der Waals surface area contributed by atoms with E-state index in [1.165, 1.54) is 0 Å². The molecule has 0 radical (unpaired) electrons. The molecule has 0 fully saturated rings. The van der Waals surface area contributed by atoms with Crippen LogP contribution in [-0.4, -0.2) is 52.3 Å².